The summed E-state index contributed by atoms with van der Waals surface area (Å²) in [5, 5.41) is 4.63. The summed E-state index contributed by atoms with van der Waals surface area (Å²) in [4.78, 5) is 10.5. The van der Waals surface area contributed by atoms with Crippen LogP contribution in [0.2, 0.25) is 0 Å². The zero-order valence-corrected chi connectivity index (χ0v) is 7.56. The van der Waals surface area contributed by atoms with Crippen LogP contribution in [0.5, 0.6) is 0 Å². The molecule has 3 N–H and O–H groups in total. The Labute approximate surface area is 71.3 Å². The first-order chi connectivity index (χ1) is 5.45. The molecule has 72 valence electrons. The Bertz CT molecular complexity index is 236. The van der Waals surface area contributed by atoms with Crippen molar-refractivity contribution in [3.63, 3.8) is 0 Å². The summed E-state index contributed by atoms with van der Waals surface area (Å²) in [6, 6.07) is 0. The maximum Gasteiger partial charge on any atom is 0.305 e. The van der Waals surface area contributed by atoms with Crippen LogP contribution in [0.1, 0.15) is 12.8 Å². The van der Waals surface area contributed by atoms with E-state index in [0.717, 1.165) is 0 Å². The van der Waals surface area contributed by atoms with Gasteiger partial charge < -0.3 is 4.74 Å². The monoisotopic (exact) mass is 196 g/mol. The number of nitrogens with two attached hydrogens (primary N) is 1. The Balaban J connectivity index is 3.40. The molecule has 0 saturated carbocycles. The molecule has 0 amide bonds. The van der Waals surface area contributed by atoms with Crippen LogP contribution in [-0.4, -0.2) is 28.0 Å². The minimum Gasteiger partial charge on any atom is -0.469 e. The van der Waals surface area contributed by atoms with Crippen molar-refractivity contribution in [3.8, 4) is 0 Å². The van der Waals surface area contributed by atoms with Gasteiger partial charge in [0.2, 0.25) is 0 Å². The average Bonchev–Trinajstić information content (AvgIpc) is 1.96. The lowest BCUT2D eigenvalue weighted by atomic mass is 10.3. The molecule has 6 nitrogen and oxygen atoms in total. The summed E-state index contributed by atoms with van der Waals surface area (Å²) in [6.07, 6.45) is 0.558. The Morgan fingerprint density at radius 1 is 1.58 bits per heavy atom. The number of carbonyl (C=O) groups excluding carboxylic acids is 1. The highest BCUT2D eigenvalue weighted by atomic mass is 32.2. The molecule has 0 spiro atoms. The van der Waals surface area contributed by atoms with Crippen molar-refractivity contribution in [3.05, 3.63) is 0 Å². The zero-order chi connectivity index (χ0) is 9.61. The van der Waals surface area contributed by atoms with Crippen molar-refractivity contribution in [2.75, 3.05) is 13.7 Å². The molecule has 0 aromatic heterocycles. The van der Waals surface area contributed by atoms with Gasteiger partial charge in [-0.05, 0) is 6.42 Å². The predicted molar refractivity (Wildman–Crippen MR) is 42.4 cm³/mol. The van der Waals surface area contributed by atoms with Gasteiger partial charge in [0.25, 0.3) is 10.2 Å². The van der Waals surface area contributed by atoms with Crippen LogP contribution in [0.3, 0.4) is 0 Å². The van der Waals surface area contributed by atoms with Crippen molar-refractivity contribution in [2.24, 2.45) is 5.14 Å². The minimum absolute atomic E-state index is 0.147. The number of ether oxygens (including phenoxy) is 1. The zero-order valence-electron chi connectivity index (χ0n) is 6.74. The Morgan fingerprint density at radius 3 is 2.58 bits per heavy atom. The van der Waals surface area contributed by atoms with Gasteiger partial charge in [0.1, 0.15) is 0 Å². The van der Waals surface area contributed by atoms with Crippen LogP contribution in [0.15, 0.2) is 0 Å². The molecule has 12 heavy (non-hydrogen) atoms. The van der Waals surface area contributed by atoms with E-state index in [9.17, 15) is 13.2 Å². The molecule has 0 aliphatic rings. The van der Waals surface area contributed by atoms with Crippen LogP contribution in [0.4, 0.5) is 0 Å². The van der Waals surface area contributed by atoms with Gasteiger partial charge in [-0.1, -0.05) is 0 Å². The first kappa shape index (κ1) is 11.3. The highest BCUT2D eigenvalue weighted by Crippen LogP contribution is 1.89. The lowest BCUT2D eigenvalue weighted by Crippen LogP contribution is -2.31. The summed E-state index contributed by atoms with van der Waals surface area (Å²) in [5.74, 6) is -0.369. The maximum atomic E-state index is 10.5. The summed E-state index contributed by atoms with van der Waals surface area (Å²) < 4.78 is 27.0. The van der Waals surface area contributed by atoms with Gasteiger partial charge in [-0.25, -0.2) is 9.86 Å². The second kappa shape index (κ2) is 5.07. The molecule has 0 atom stereocenters. The van der Waals surface area contributed by atoms with E-state index in [1.807, 2.05) is 4.72 Å². The van der Waals surface area contributed by atoms with Crippen molar-refractivity contribution in [1.82, 2.24) is 4.72 Å². The molecule has 0 rings (SSSR count). The number of rotatable bonds is 5. The van der Waals surface area contributed by atoms with Crippen molar-refractivity contribution >= 4 is 16.2 Å². The molecule has 0 aliphatic carbocycles. The van der Waals surface area contributed by atoms with Crippen LogP contribution in [0.25, 0.3) is 0 Å². The number of carbonyl (C=O) groups is 1. The summed E-state index contributed by atoms with van der Waals surface area (Å²) in [6.45, 7) is 0.147. The van der Waals surface area contributed by atoms with E-state index < -0.39 is 10.2 Å². The van der Waals surface area contributed by atoms with Crippen molar-refractivity contribution < 1.29 is 17.9 Å². The maximum absolute atomic E-state index is 10.5. The van der Waals surface area contributed by atoms with Crippen LogP contribution in [0, 0.1) is 0 Å². The molecule has 0 aromatic rings. The fourth-order valence-corrected chi connectivity index (χ4v) is 0.978. The van der Waals surface area contributed by atoms with Crippen molar-refractivity contribution in [2.45, 2.75) is 12.8 Å². The minimum atomic E-state index is -3.63. The molecular formula is C5H12N2O4S. The van der Waals surface area contributed by atoms with E-state index in [0.29, 0.717) is 6.42 Å². The molecule has 0 fully saturated rings. The van der Waals surface area contributed by atoms with E-state index in [1.165, 1.54) is 7.11 Å². The van der Waals surface area contributed by atoms with Gasteiger partial charge in [0.15, 0.2) is 0 Å². The fraction of sp³-hybridized carbons (Fsp3) is 0.800. The SMILES string of the molecule is COC(=O)CCCNS(N)(=O)=O. The van der Waals surface area contributed by atoms with Gasteiger partial charge in [-0.15, -0.1) is 0 Å². The number of nitrogens with one attached hydrogen (secondary N) is 1. The largest absolute Gasteiger partial charge is 0.469 e. The molecule has 0 heterocycles. The molecule has 0 unspecified atom stereocenters. The Morgan fingerprint density at radius 2 is 2.17 bits per heavy atom. The van der Waals surface area contributed by atoms with E-state index in [4.69, 9.17) is 0 Å². The average molecular weight is 196 g/mol. The number of methoxy groups -OCH3 is 1. The molecular weight excluding hydrogens is 184 g/mol. The summed E-state index contributed by atoms with van der Waals surface area (Å²) >= 11 is 0. The molecule has 0 saturated heterocycles. The highest BCUT2D eigenvalue weighted by Gasteiger charge is 2.02. The molecule has 0 bridgehead atoms. The van der Waals surface area contributed by atoms with Gasteiger partial charge in [0.05, 0.1) is 7.11 Å². The van der Waals surface area contributed by atoms with Crippen LogP contribution in [-0.2, 0) is 19.7 Å². The van der Waals surface area contributed by atoms with E-state index in [1.54, 1.807) is 0 Å². The first-order valence-corrected chi connectivity index (χ1v) is 4.84. The standard InChI is InChI=1S/C5H12N2O4S/c1-11-5(8)3-2-4-7-12(6,9)10/h7H,2-4H2,1H3,(H2,6,9,10). The van der Waals surface area contributed by atoms with E-state index >= 15 is 0 Å². The van der Waals surface area contributed by atoms with Gasteiger partial charge in [-0.2, -0.15) is 8.42 Å². The van der Waals surface area contributed by atoms with Gasteiger partial charge in [0, 0.05) is 13.0 Å². The summed E-state index contributed by atoms with van der Waals surface area (Å²) in [5.41, 5.74) is 0. The third kappa shape index (κ3) is 7.45. The second-order valence-electron chi connectivity index (χ2n) is 2.12. The lowest BCUT2D eigenvalue weighted by Gasteiger charge is -2.00. The number of hydrogen-bond donors (Lipinski definition) is 2. The van der Waals surface area contributed by atoms with Crippen LogP contribution >= 0.6 is 0 Å². The number of esters is 1. The highest BCUT2D eigenvalue weighted by molar-refractivity contribution is 7.87. The van der Waals surface area contributed by atoms with E-state index in [-0.39, 0.29) is 18.9 Å². The van der Waals surface area contributed by atoms with Crippen LogP contribution < -0.4 is 9.86 Å². The topological polar surface area (TPSA) is 98.5 Å². The third-order valence-corrected chi connectivity index (χ3v) is 1.70. The van der Waals surface area contributed by atoms with E-state index in [2.05, 4.69) is 9.88 Å². The predicted octanol–water partition coefficient (Wildman–Crippen LogP) is -1.27. The third-order valence-electron chi connectivity index (χ3n) is 1.09. The normalized spacial score (nSPS) is 11.2. The molecule has 0 radical (unpaired) electrons. The second-order valence-corrected chi connectivity index (χ2v) is 3.50. The fourth-order valence-electron chi connectivity index (χ4n) is 0.549. The number of hydrogen-bond acceptors (Lipinski definition) is 4. The Hall–Kier alpha value is -0.660. The summed E-state index contributed by atoms with van der Waals surface area (Å²) in [7, 11) is -2.36. The van der Waals surface area contributed by atoms with Crippen molar-refractivity contribution in [1.29, 1.82) is 0 Å². The lowest BCUT2D eigenvalue weighted by molar-refractivity contribution is -0.140. The first-order valence-electron chi connectivity index (χ1n) is 3.30. The quantitative estimate of drug-likeness (QED) is 0.423. The van der Waals surface area contributed by atoms with Gasteiger partial charge >= 0.3 is 5.97 Å². The molecule has 0 aromatic carbocycles. The Kier molecular flexibility index (Phi) is 4.79. The van der Waals surface area contributed by atoms with Gasteiger partial charge in [-0.3, -0.25) is 4.79 Å². The molecule has 0 aliphatic heterocycles. The molecule has 7 heteroatoms. The smallest absolute Gasteiger partial charge is 0.305 e.